The molecule has 7 nitrogen and oxygen atoms in total. The highest BCUT2D eigenvalue weighted by Crippen LogP contribution is 2.41. The van der Waals surface area contributed by atoms with E-state index in [0.717, 1.165) is 0 Å². The van der Waals surface area contributed by atoms with Gasteiger partial charge in [0.05, 0.1) is 6.61 Å². The van der Waals surface area contributed by atoms with Crippen LogP contribution in [0, 0.1) is 0 Å². The Hall–Kier alpha value is -0.730. The molecule has 0 aromatic carbocycles. The maximum atomic E-state index is 11.4. The number of fused-ring (bicyclic) bond motifs is 1. The first-order valence-corrected chi connectivity index (χ1v) is 7.17. The van der Waals surface area contributed by atoms with E-state index >= 15 is 0 Å². The van der Waals surface area contributed by atoms with Gasteiger partial charge in [0.2, 0.25) is 0 Å². The Balaban J connectivity index is 1.77. The largest absolute Gasteiger partial charge is 0.457 e. The molecule has 2 unspecified atom stereocenters. The molecule has 0 aromatic heterocycles. The van der Waals surface area contributed by atoms with Crippen LogP contribution in [0.2, 0.25) is 0 Å². The molecule has 0 amide bonds. The van der Waals surface area contributed by atoms with Crippen LogP contribution >= 0.6 is 0 Å². The quantitative estimate of drug-likeness (QED) is 0.703. The fourth-order valence-electron chi connectivity index (χ4n) is 3.01. The number of rotatable bonds is 2. The van der Waals surface area contributed by atoms with Crippen LogP contribution in [0.15, 0.2) is 0 Å². The Bertz CT molecular complexity index is 433. The van der Waals surface area contributed by atoms with E-state index in [1.54, 1.807) is 13.8 Å². The van der Waals surface area contributed by atoms with Gasteiger partial charge in [-0.1, -0.05) is 0 Å². The van der Waals surface area contributed by atoms with E-state index in [4.69, 9.17) is 28.4 Å². The number of ether oxygens (including phenoxy) is 6. The maximum Gasteiger partial charge on any atom is 0.303 e. The molecule has 0 bridgehead atoms. The molecule has 3 heterocycles. The van der Waals surface area contributed by atoms with E-state index in [2.05, 4.69) is 0 Å². The Morgan fingerprint density at radius 3 is 2.33 bits per heavy atom. The molecule has 0 aromatic rings. The lowest BCUT2D eigenvalue weighted by Crippen LogP contribution is -2.44. The topological polar surface area (TPSA) is 72.5 Å². The maximum absolute atomic E-state index is 11.4. The summed E-state index contributed by atoms with van der Waals surface area (Å²) in [4.78, 5) is 11.4. The second-order valence-electron chi connectivity index (χ2n) is 6.51. The van der Waals surface area contributed by atoms with Crippen LogP contribution in [0.4, 0.5) is 0 Å². The average Bonchev–Trinajstić information content (AvgIpc) is 2.90. The lowest BCUT2D eigenvalue weighted by Gasteiger charge is -2.28. The minimum absolute atomic E-state index is 0.328. The Morgan fingerprint density at radius 2 is 1.76 bits per heavy atom. The summed E-state index contributed by atoms with van der Waals surface area (Å²) in [5.74, 6) is -1.82. The molecule has 3 fully saturated rings. The van der Waals surface area contributed by atoms with Crippen molar-refractivity contribution in [3.8, 4) is 0 Å². The summed E-state index contributed by atoms with van der Waals surface area (Å²) in [6.45, 7) is 9.00. The summed E-state index contributed by atoms with van der Waals surface area (Å²) in [6.07, 6.45) is -2.40. The normalized spacial score (nSPS) is 43.8. The highest BCUT2D eigenvalue weighted by Gasteiger charge is 2.59. The zero-order chi connectivity index (χ0) is 15.4. The van der Waals surface area contributed by atoms with Crippen molar-refractivity contribution in [2.75, 3.05) is 6.61 Å². The number of carbonyl (C=O) groups is 1. The first-order valence-electron chi connectivity index (χ1n) is 7.17. The average molecular weight is 302 g/mol. The molecule has 0 aliphatic carbocycles. The van der Waals surface area contributed by atoms with E-state index in [9.17, 15) is 4.79 Å². The minimum Gasteiger partial charge on any atom is -0.457 e. The summed E-state index contributed by atoms with van der Waals surface area (Å²) in [6, 6.07) is 0. The van der Waals surface area contributed by atoms with Gasteiger partial charge in [0.1, 0.15) is 12.2 Å². The standard InChI is InChI=1S/C14H22O7/c1-7(15)17-10-9(8-6-16-13(2,3)19-8)18-12-11(10)20-14(4,5)21-12/h8-12H,6H2,1-5H3/t8-,9-,10?,11?,12-/m1/s1. The van der Waals surface area contributed by atoms with Gasteiger partial charge in [-0.25, -0.2) is 0 Å². The van der Waals surface area contributed by atoms with Gasteiger partial charge in [-0.3, -0.25) is 4.79 Å². The van der Waals surface area contributed by atoms with Crippen LogP contribution < -0.4 is 0 Å². The Morgan fingerprint density at radius 1 is 1.05 bits per heavy atom. The van der Waals surface area contributed by atoms with Gasteiger partial charge in [-0.2, -0.15) is 0 Å². The highest BCUT2D eigenvalue weighted by molar-refractivity contribution is 5.66. The third-order valence-corrected chi connectivity index (χ3v) is 3.73. The summed E-state index contributed by atoms with van der Waals surface area (Å²) in [5, 5.41) is 0. The molecule has 0 saturated carbocycles. The van der Waals surface area contributed by atoms with E-state index in [1.807, 2.05) is 13.8 Å². The Labute approximate surface area is 123 Å². The third kappa shape index (κ3) is 2.93. The summed E-state index contributed by atoms with van der Waals surface area (Å²) in [5.41, 5.74) is 0. The van der Waals surface area contributed by atoms with Crippen molar-refractivity contribution in [3.05, 3.63) is 0 Å². The van der Waals surface area contributed by atoms with E-state index in [-0.39, 0.29) is 12.1 Å². The molecule has 3 aliphatic rings. The van der Waals surface area contributed by atoms with Crippen molar-refractivity contribution >= 4 is 5.97 Å². The van der Waals surface area contributed by atoms with Crippen molar-refractivity contribution in [3.63, 3.8) is 0 Å². The lowest BCUT2D eigenvalue weighted by atomic mass is 10.1. The van der Waals surface area contributed by atoms with E-state index < -0.39 is 36.2 Å². The van der Waals surface area contributed by atoms with Crippen molar-refractivity contribution < 1.29 is 33.2 Å². The predicted molar refractivity (Wildman–Crippen MR) is 69.2 cm³/mol. The SMILES string of the molecule is CC(=O)OC1C2OC(C)(C)O[C@H]2O[C@@H]1[C@H]1COC(C)(C)O1. The molecule has 5 atom stereocenters. The second kappa shape index (κ2) is 4.89. The van der Waals surface area contributed by atoms with Gasteiger partial charge in [0.25, 0.3) is 0 Å². The van der Waals surface area contributed by atoms with Gasteiger partial charge in [-0.05, 0) is 27.7 Å². The van der Waals surface area contributed by atoms with Gasteiger partial charge in [0, 0.05) is 6.92 Å². The summed E-state index contributed by atoms with van der Waals surface area (Å²) >= 11 is 0. The number of esters is 1. The number of hydrogen-bond acceptors (Lipinski definition) is 7. The molecular formula is C14H22O7. The Kier molecular flexibility index (Phi) is 3.53. The van der Waals surface area contributed by atoms with Gasteiger partial charge in [-0.15, -0.1) is 0 Å². The van der Waals surface area contributed by atoms with Gasteiger partial charge >= 0.3 is 5.97 Å². The molecular weight excluding hydrogens is 280 g/mol. The van der Waals surface area contributed by atoms with E-state index in [1.165, 1.54) is 6.92 Å². The zero-order valence-electron chi connectivity index (χ0n) is 13.0. The summed E-state index contributed by atoms with van der Waals surface area (Å²) < 4.78 is 34.2. The molecule has 7 heteroatoms. The van der Waals surface area contributed by atoms with Crippen LogP contribution in [0.3, 0.4) is 0 Å². The van der Waals surface area contributed by atoms with Crippen molar-refractivity contribution in [2.45, 2.75) is 76.9 Å². The molecule has 120 valence electrons. The molecule has 0 spiro atoms. The van der Waals surface area contributed by atoms with Crippen molar-refractivity contribution in [2.24, 2.45) is 0 Å². The first kappa shape index (κ1) is 15.2. The zero-order valence-corrected chi connectivity index (χ0v) is 13.0. The van der Waals surface area contributed by atoms with E-state index in [0.29, 0.717) is 6.61 Å². The fourth-order valence-corrected chi connectivity index (χ4v) is 3.01. The fraction of sp³-hybridized carbons (Fsp3) is 0.929. The van der Waals surface area contributed by atoms with Crippen molar-refractivity contribution in [1.82, 2.24) is 0 Å². The molecule has 3 saturated heterocycles. The smallest absolute Gasteiger partial charge is 0.303 e. The van der Waals surface area contributed by atoms with Crippen LogP contribution in [0.1, 0.15) is 34.6 Å². The summed E-state index contributed by atoms with van der Waals surface area (Å²) in [7, 11) is 0. The predicted octanol–water partition coefficient (Wildman–Crippen LogP) is 0.946. The number of hydrogen-bond donors (Lipinski definition) is 0. The molecule has 3 rings (SSSR count). The van der Waals surface area contributed by atoms with Gasteiger partial charge in [0.15, 0.2) is 30.1 Å². The molecule has 3 aliphatic heterocycles. The minimum atomic E-state index is -0.759. The second-order valence-corrected chi connectivity index (χ2v) is 6.51. The van der Waals surface area contributed by atoms with Crippen LogP contribution in [0.5, 0.6) is 0 Å². The monoisotopic (exact) mass is 302 g/mol. The third-order valence-electron chi connectivity index (χ3n) is 3.73. The first-order chi connectivity index (χ1) is 9.67. The molecule has 21 heavy (non-hydrogen) atoms. The molecule has 0 N–H and O–H groups in total. The lowest BCUT2D eigenvalue weighted by molar-refractivity contribution is -0.235. The van der Waals surface area contributed by atoms with Crippen molar-refractivity contribution in [1.29, 1.82) is 0 Å². The molecule has 0 radical (unpaired) electrons. The van der Waals surface area contributed by atoms with Crippen LogP contribution in [-0.4, -0.2) is 54.9 Å². The highest BCUT2D eigenvalue weighted by atomic mass is 16.8. The van der Waals surface area contributed by atoms with Gasteiger partial charge < -0.3 is 28.4 Å². The number of carbonyl (C=O) groups excluding carboxylic acids is 1. The van der Waals surface area contributed by atoms with Crippen LogP contribution in [-0.2, 0) is 33.2 Å². The van der Waals surface area contributed by atoms with Crippen LogP contribution in [0.25, 0.3) is 0 Å².